The highest BCUT2D eigenvalue weighted by atomic mass is 16.6. The number of aliphatic carboxylic acids is 2. The number of aromatic hydroxyl groups is 2. The summed E-state index contributed by atoms with van der Waals surface area (Å²) in [5.41, 5.74) is 3.00. The zero-order valence-electron chi connectivity index (χ0n) is 18.6. The number of phenolic OH excluding ortho intramolecular Hbond substituents is 2. The molecule has 1 spiro atoms. The number of ether oxygens (including phenoxy) is 1. The fourth-order valence-corrected chi connectivity index (χ4v) is 5.15. The second kappa shape index (κ2) is 8.16. The van der Waals surface area contributed by atoms with Crippen molar-refractivity contribution in [3.05, 3.63) is 93.0 Å². The van der Waals surface area contributed by atoms with Crippen molar-refractivity contribution >= 4 is 17.9 Å². The lowest BCUT2D eigenvalue weighted by atomic mass is 9.70. The van der Waals surface area contributed by atoms with Crippen LogP contribution >= 0.6 is 0 Å². The van der Waals surface area contributed by atoms with Crippen LogP contribution in [0.15, 0.2) is 48.5 Å². The summed E-state index contributed by atoms with van der Waals surface area (Å²) in [7, 11) is 0. The van der Waals surface area contributed by atoms with Crippen molar-refractivity contribution in [2.45, 2.75) is 37.7 Å². The molecule has 35 heavy (non-hydrogen) atoms. The lowest BCUT2D eigenvalue weighted by molar-refractivity contribution is -0.138. The first-order chi connectivity index (χ1) is 16.7. The maximum absolute atomic E-state index is 13.0. The Hall–Kier alpha value is -4.33. The van der Waals surface area contributed by atoms with Gasteiger partial charge in [-0.2, -0.15) is 0 Å². The third-order valence-corrected chi connectivity index (χ3v) is 6.74. The molecule has 0 aromatic heterocycles. The van der Waals surface area contributed by atoms with Gasteiger partial charge in [-0.25, -0.2) is 4.79 Å². The van der Waals surface area contributed by atoms with Gasteiger partial charge in [-0.05, 0) is 71.8 Å². The molecule has 1 aliphatic heterocycles. The van der Waals surface area contributed by atoms with Crippen LogP contribution in [0.4, 0.5) is 0 Å². The van der Waals surface area contributed by atoms with Gasteiger partial charge in [-0.3, -0.25) is 9.59 Å². The molecule has 1 heterocycles. The predicted molar refractivity (Wildman–Crippen MR) is 123 cm³/mol. The predicted octanol–water partition coefficient (Wildman–Crippen LogP) is 3.50. The number of phenols is 2. The SMILES string of the molecule is O=C(O)CCc1cc2c(cc1O)Cc1cc(O)c(CCC(=O)O)cc1C21OC(=O)c2ccccc21. The van der Waals surface area contributed by atoms with Crippen LogP contribution in [-0.2, 0) is 39.2 Å². The molecule has 8 heteroatoms. The van der Waals surface area contributed by atoms with Crippen molar-refractivity contribution in [3.8, 4) is 11.5 Å². The van der Waals surface area contributed by atoms with Crippen molar-refractivity contribution in [1.29, 1.82) is 0 Å². The van der Waals surface area contributed by atoms with Gasteiger partial charge in [-0.1, -0.05) is 18.2 Å². The van der Waals surface area contributed by atoms with Gasteiger partial charge >= 0.3 is 17.9 Å². The van der Waals surface area contributed by atoms with E-state index < -0.39 is 23.5 Å². The summed E-state index contributed by atoms with van der Waals surface area (Å²) >= 11 is 0. The molecule has 0 bridgehead atoms. The standard InChI is InChI=1S/C27H22O8/c28-22-12-16-9-17-13-23(29)15(6-8-25(32)33)11-21(17)27(20(16)10-14(22)5-7-24(30)31)19-4-2-1-3-18(19)26(34)35-27/h1-4,10-13,28-29H,5-9H2,(H,30,31)(H,32,33). The van der Waals surface area contributed by atoms with E-state index >= 15 is 0 Å². The third-order valence-electron chi connectivity index (χ3n) is 6.74. The van der Waals surface area contributed by atoms with Gasteiger partial charge in [0.25, 0.3) is 0 Å². The van der Waals surface area contributed by atoms with Crippen LogP contribution in [0.2, 0.25) is 0 Å². The summed E-state index contributed by atoms with van der Waals surface area (Å²) in [6, 6.07) is 13.5. The van der Waals surface area contributed by atoms with Crippen LogP contribution in [-0.4, -0.2) is 38.3 Å². The first kappa shape index (κ1) is 22.5. The monoisotopic (exact) mass is 474 g/mol. The lowest BCUT2D eigenvalue weighted by Gasteiger charge is -2.38. The van der Waals surface area contributed by atoms with Crippen LogP contribution in [0.3, 0.4) is 0 Å². The molecule has 1 aliphatic carbocycles. The molecule has 2 aliphatic rings. The molecular formula is C27H22O8. The van der Waals surface area contributed by atoms with Crippen LogP contribution in [0.1, 0.15) is 62.1 Å². The fraction of sp³-hybridized carbons (Fsp3) is 0.222. The van der Waals surface area contributed by atoms with Crippen LogP contribution in [0, 0.1) is 0 Å². The van der Waals surface area contributed by atoms with E-state index in [0.717, 1.165) is 0 Å². The van der Waals surface area contributed by atoms with Gasteiger partial charge < -0.3 is 25.2 Å². The molecule has 0 unspecified atom stereocenters. The Morgan fingerprint density at radius 2 is 1.31 bits per heavy atom. The summed E-state index contributed by atoms with van der Waals surface area (Å²) in [6.45, 7) is 0. The molecule has 3 aromatic rings. The van der Waals surface area contributed by atoms with Gasteiger partial charge in [-0.15, -0.1) is 0 Å². The number of carbonyl (C=O) groups excluding carboxylic acids is 1. The Bertz CT molecular complexity index is 1330. The second-order valence-electron chi connectivity index (χ2n) is 8.86. The topological polar surface area (TPSA) is 141 Å². The molecule has 0 atom stereocenters. The molecule has 5 rings (SSSR count). The van der Waals surface area contributed by atoms with Crippen molar-refractivity contribution in [3.63, 3.8) is 0 Å². The lowest BCUT2D eigenvalue weighted by Crippen LogP contribution is -2.35. The van der Waals surface area contributed by atoms with E-state index in [1.54, 1.807) is 48.5 Å². The Morgan fingerprint density at radius 1 is 0.800 bits per heavy atom. The Balaban J connectivity index is 1.77. The van der Waals surface area contributed by atoms with Gasteiger partial charge in [0, 0.05) is 29.5 Å². The first-order valence-corrected chi connectivity index (χ1v) is 11.2. The molecule has 0 fully saturated rings. The van der Waals surface area contributed by atoms with Crippen LogP contribution in [0.5, 0.6) is 11.5 Å². The third kappa shape index (κ3) is 3.58. The number of benzene rings is 3. The van der Waals surface area contributed by atoms with Crippen LogP contribution < -0.4 is 0 Å². The van der Waals surface area contributed by atoms with E-state index in [1.165, 1.54) is 0 Å². The van der Waals surface area contributed by atoms with E-state index in [9.17, 15) is 24.6 Å². The number of hydrogen-bond donors (Lipinski definition) is 4. The van der Waals surface area contributed by atoms with Gasteiger partial charge in [0.05, 0.1) is 5.56 Å². The van der Waals surface area contributed by atoms with Crippen molar-refractivity contribution < 1.29 is 39.5 Å². The Labute approximate surface area is 200 Å². The average molecular weight is 474 g/mol. The number of carboxylic acids is 2. The average Bonchev–Trinajstić information content (AvgIpc) is 3.10. The minimum Gasteiger partial charge on any atom is -0.508 e. The van der Waals surface area contributed by atoms with E-state index in [-0.39, 0.29) is 37.2 Å². The number of carboxylic acid groups (broad SMARTS) is 2. The maximum atomic E-state index is 13.0. The molecular weight excluding hydrogens is 452 g/mol. The van der Waals surface area contributed by atoms with Crippen LogP contribution in [0.25, 0.3) is 0 Å². The summed E-state index contributed by atoms with van der Waals surface area (Å²) in [4.78, 5) is 35.3. The summed E-state index contributed by atoms with van der Waals surface area (Å²) in [5, 5.41) is 39.5. The molecule has 8 nitrogen and oxygen atoms in total. The second-order valence-corrected chi connectivity index (χ2v) is 8.86. The molecule has 3 aromatic carbocycles. The highest BCUT2D eigenvalue weighted by Gasteiger charge is 2.52. The molecule has 0 amide bonds. The van der Waals surface area contributed by atoms with Gasteiger partial charge in [0.2, 0.25) is 0 Å². The minimum atomic E-state index is -1.38. The fourth-order valence-electron chi connectivity index (χ4n) is 5.15. The van der Waals surface area contributed by atoms with Crippen molar-refractivity contribution in [2.75, 3.05) is 0 Å². The van der Waals surface area contributed by atoms with Crippen molar-refractivity contribution in [1.82, 2.24) is 0 Å². The number of hydrogen-bond acceptors (Lipinski definition) is 6. The first-order valence-electron chi connectivity index (χ1n) is 11.2. The number of esters is 1. The Morgan fingerprint density at radius 3 is 1.83 bits per heavy atom. The van der Waals surface area contributed by atoms with Gasteiger partial charge in [0.1, 0.15) is 11.5 Å². The molecule has 0 saturated carbocycles. The quantitative estimate of drug-likeness (QED) is 0.398. The van der Waals surface area contributed by atoms with E-state index in [4.69, 9.17) is 14.9 Å². The summed E-state index contributed by atoms with van der Waals surface area (Å²) in [6.07, 6.45) is 0.142. The van der Waals surface area contributed by atoms with E-state index in [2.05, 4.69) is 0 Å². The smallest absolute Gasteiger partial charge is 0.340 e. The van der Waals surface area contributed by atoms with Crippen molar-refractivity contribution in [2.24, 2.45) is 0 Å². The van der Waals surface area contributed by atoms with E-state index in [0.29, 0.717) is 50.9 Å². The molecule has 4 N–H and O–H groups in total. The molecule has 0 radical (unpaired) electrons. The largest absolute Gasteiger partial charge is 0.508 e. The zero-order chi connectivity index (χ0) is 24.9. The number of rotatable bonds is 6. The number of fused-ring (bicyclic) bond motifs is 6. The number of carbonyl (C=O) groups is 3. The highest BCUT2D eigenvalue weighted by molar-refractivity contribution is 5.96. The Kier molecular flexibility index (Phi) is 5.24. The van der Waals surface area contributed by atoms with Gasteiger partial charge in [0.15, 0.2) is 5.60 Å². The molecule has 0 saturated heterocycles. The zero-order valence-corrected chi connectivity index (χ0v) is 18.6. The normalized spacial score (nSPS) is 14.7. The molecule has 178 valence electrons. The summed E-state index contributed by atoms with van der Waals surface area (Å²) < 4.78 is 6.12. The summed E-state index contributed by atoms with van der Waals surface area (Å²) in [5.74, 6) is -2.64. The maximum Gasteiger partial charge on any atom is 0.340 e. The minimum absolute atomic E-state index is 0.0523. The van der Waals surface area contributed by atoms with E-state index in [1.807, 2.05) is 0 Å². The number of aryl methyl sites for hydroxylation is 2. The highest BCUT2D eigenvalue weighted by Crippen LogP contribution is 2.53.